The molecule has 20 nitrogen and oxygen atoms in total. The average Bonchev–Trinajstić information content (AvgIpc) is 3.78. The first-order chi connectivity index (χ1) is 30.9. The summed E-state index contributed by atoms with van der Waals surface area (Å²) in [4.78, 5) is 113. The average molecular weight is 941 g/mol. The zero-order valence-corrected chi connectivity index (χ0v) is 38.3. The predicted molar refractivity (Wildman–Crippen MR) is 246 cm³/mol. The van der Waals surface area contributed by atoms with Crippen molar-refractivity contribution in [2.75, 3.05) is 24.0 Å². The maximum atomic E-state index is 14.3. The number of aromatic amines is 1. The number of rotatable bonds is 28. The third-order valence-corrected chi connectivity index (χ3v) is 11.3. The Labute approximate surface area is 385 Å². The van der Waals surface area contributed by atoms with Crippen LogP contribution in [-0.4, -0.2) is 134 Å². The van der Waals surface area contributed by atoms with Gasteiger partial charge in [0.15, 0.2) is 0 Å². The number of nitrogens with zero attached hydrogens (tertiary/aromatic N) is 1. The summed E-state index contributed by atoms with van der Waals surface area (Å²) in [5.74, 6) is -6.56. The van der Waals surface area contributed by atoms with Gasteiger partial charge in [-0.25, -0.2) is 4.98 Å². The minimum atomic E-state index is -1.54. The van der Waals surface area contributed by atoms with Gasteiger partial charge in [0.2, 0.25) is 41.4 Å². The van der Waals surface area contributed by atoms with Gasteiger partial charge in [-0.15, -0.1) is 0 Å². The molecule has 0 saturated carbocycles. The molecule has 22 heteroatoms. The molecule has 65 heavy (non-hydrogen) atoms. The lowest BCUT2D eigenvalue weighted by molar-refractivity contribution is -0.140. The Balaban J connectivity index is 1.87. The molecular formula is C43H60N10O10S2. The van der Waals surface area contributed by atoms with Gasteiger partial charge in [0, 0.05) is 24.7 Å². The number of H-pyrrole nitrogens is 1. The fraction of sp³-hybridized carbons (Fsp3) is 0.465. The third-order valence-electron chi connectivity index (χ3n) is 10.0. The summed E-state index contributed by atoms with van der Waals surface area (Å²) in [6.07, 6.45) is 5.93. The molecule has 1 aromatic heterocycles. The number of hydrogen-bond acceptors (Lipinski definition) is 13. The molecule has 0 spiro atoms. The third kappa shape index (κ3) is 18.5. The highest BCUT2D eigenvalue weighted by Crippen LogP contribution is 2.13. The molecule has 0 unspecified atom stereocenters. The number of hydrogen-bond donors (Lipinski definition) is 11. The summed E-state index contributed by atoms with van der Waals surface area (Å²) in [6.45, 7) is 3.30. The van der Waals surface area contributed by atoms with Crippen LogP contribution < -0.4 is 43.4 Å². The van der Waals surface area contributed by atoms with E-state index in [2.05, 4.69) is 41.9 Å². The highest BCUT2D eigenvalue weighted by atomic mass is 32.2. The van der Waals surface area contributed by atoms with Crippen LogP contribution in [0.3, 0.4) is 0 Å². The van der Waals surface area contributed by atoms with E-state index in [1.165, 1.54) is 48.2 Å². The number of phenolic OH excluding ortho intramolecular Hbond substituents is 1. The Morgan fingerprint density at radius 2 is 1.14 bits per heavy atom. The van der Waals surface area contributed by atoms with E-state index < -0.39 is 102 Å². The van der Waals surface area contributed by atoms with Gasteiger partial charge in [0.1, 0.15) is 42.0 Å². The summed E-state index contributed by atoms with van der Waals surface area (Å²) < 4.78 is 0. The zero-order valence-electron chi connectivity index (χ0n) is 36.7. The smallest absolute Gasteiger partial charge is 0.305 e. The van der Waals surface area contributed by atoms with Crippen molar-refractivity contribution in [3.05, 3.63) is 83.9 Å². The summed E-state index contributed by atoms with van der Waals surface area (Å²) in [5.41, 5.74) is 13.3. The fourth-order valence-electron chi connectivity index (χ4n) is 6.42. The van der Waals surface area contributed by atoms with E-state index in [1.807, 2.05) is 6.26 Å². The Morgan fingerprint density at radius 3 is 1.65 bits per heavy atom. The number of nitrogens with two attached hydrogens (primary N) is 2. The monoisotopic (exact) mass is 940 g/mol. The van der Waals surface area contributed by atoms with Gasteiger partial charge in [0.25, 0.3) is 0 Å². The predicted octanol–water partition coefficient (Wildman–Crippen LogP) is -0.498. The number of nitrogens with one attached hydrogen (secondary N) is 7. The molecule has 0 aliphatic carbocycles. The minimum Gasteiger partial charge on any atom is -0.508 e. The summed E-state index contributed by atoms with van der Waals surface area (Å²) in [6, 6.07) is 6.23. The van der Waals surface area contributed by atoms with Gasteiger partial charge in [-0.3, -0.25) is 38.4 Å². The van der Waals surface area contributed by atoms with Gasteiger partial charge < -0.3 is 58.6 Å². The second kappa shape index (κ2) is 27.3. The highest BCUT2D eigenvalue weighted by molar-refractivity contribution is 7.98. The second-order valence-electron chi connectivity index (χ2n) is 15.5. The molecule has 0 saturated heterocycles. The van der Waals surface area contributed by atoms with Crippen molar-refractivity contribution >= 4 is 70.8 Å². The number of phenols is 1. The summed E-state index contributed by atoms with van der Waals surface area (Å²) in [7, 11) is 0. The molecule has 0 radical (unpaired) electrons. The van der Waals surface area contributed by atoms with Gasteiger partial charge >= 0.3 is 5.97 Å². The van der Waals surface area contributed by atoms with Crippen molar-refractivity contribution < 1.29 is 48.6 Å². The van der Waals surface area contributed by atoms with E-state index in [9.17, 15) is 48.6 Å². The maximum absolute atomic E-state index is 14.3. The van der Waals surface area contributed by atoms with Crippen LogP contribution in [0.5, 0.6) is 5.75 Å². The first-order valence-corrected chi connectivity index (χ1v) is 23.6. The first-order valence-electron chi connectivity index (χ1n) is 20.8. The molecular weight excluding hydrogens is 881 g/mol. The Bertz CT molecular complexity index is 2040. The summed E-state index contributed by atoms with van der Waals surface area (Å²) in [5, 5.41) is 34.7. The molecule has 7 amide bonds. The van der Waals surface area contributed by atoms with E-state index >= 15 is 0 Å². The molecule has 354 valence electrons. The topological polar surface area (TPSA) is 330 Å². The van der Waals surface area contributed by atoms with Crippen molar-refractivity contribution in [2.24, 2.45) is 17.4 Å². The number of imidazole rings is 1. The van der Waals surface area contributed by atoms with E-state index in [0.717, 1.165) is 0 Å². The minimum absolute atomic E-state index is 0.0139. The number of primary amides is 1. The van der Waals surface area contributed by atoms with Gasteiger partial charge in [-0.1, -0.05) is 56.3 Å². The fourth-order valence-corrected chi connectivity index (χ4v) is 7.36. The van der Waals surface area contributed by atoms with Crippen LogP contribution in [0.25, 0.3) is 0 Å². The molecule has 0 bridgehead atoms. The number of amides is 7. The molecule has 0 fully saturated rings. The van der Waals surface area contributed by atoms with E-state index in [1.54, 1.807) is 62.6 Å². The highest BCUT2D eigenvalue weighted by Gasteiger charge is 2.35. The lowest BCUT2D eigenvalue weighted by atomic mass is 10.0. The lowest BCUT2D eigenvalue weighted by Crippen LogP contribution is -2.61. The number of carboxylic acids is 1. The lowest BCUT2D eigenvalue weighted by Gasteiger charge is -2.29. The van der Waals surface area contributed by atoms with Crippen LogP contribution in [0.1, 0.15) is 49.9 Å². The number of carboxylic acid groups (broad SMARTS) is 1. The van der Waals surface area contributed by atoms with Crippen LogP contribution in [0.4, 0.5) is 0 Å². The SMILES string of the molecule is CSCC[C@H](NC(=O)[C@@H](NC(=O)[C@H](Cc1cnc[nH]1)NC(=O)[C@H](Cc1ccccc1)NC(=O)[C@@H](CCSC)NC(=O)[C@@H](N)Cc1ccc(O)cc1)C(C)C)C(=O)N[C@@H](CC(=O)O)C(N)=O. The Kier molecular flexibility index (Phi) is 22.3. The largest absolute Gasteiger partial charge is 0.508 e. The normalized spacial score (nSPS) is 14.3. The van der Waals surface area contributed by atoms with Gasteiger partial charge in [-0.2, -0.15) is 23.5 Å². The van der Waals surface area contributed by atoms with Crippen LogP contribution in [-0.2, 0) is 57.6 Å². The maximum Gasteiger partial charge on any atom is 0.305 e. The molecule has 3 rings (SSSR count). The van der Waals surface area contributed by atoms with Crippen LogP contribution >= 0.6 is 23.5 Å². The number of aromatic nitrogens is 2. The first kappa shape index (κ1) is 53.2. The van der Waals surface area contributed by atoms with Crippen molar-refractivity contribution in [3.63, 3.8) is 0 Å². The molecule has 0 aliphatic heterocycles. The summed E-state index contributed by atoms with van der Waals surface area (Å²) >= 11 is 2.82. The van der Waals surface area contributed by atoms with Crippen molar-refractivity contribution in [1.82, 2.24) is 41.9 Å². The molecule has 1 heterocycles. The number of carbonyl (C=O) groups is 8. The molecule has 3 aromatic rings. The van der Waals surface area contributed by atoms with Crippen LogP contribution in [0.2, 0.25) is 0 Å². The van der Waals surface area contributed by atoms with E-state index in [4.69, 9.17) is 11.5 Å². The van der Waals surface area contributed by atoms with Crippen LogP contribution in [0.15, 0.2) is 67.1 Å². The van der Waals surface area contributed by atoms with E-state index in [-0.39, 0.29) is 37.9 Å². The van der Waals surface area contributed by atoms with Gasteiger partial charge in [-0.05, 0) is 72.5 Å². The Hall–Kier alpha value is -6.13. The standard InChI is InChI=1S/C43H60N10O10S2/c1-24(2)36(43(63)49-31(15-17-65-4)39(59)50-32(37(45)57)21-35(55)56)53-42(62)34(20-27-22-46-23-47-27)52-41(61)33(19-25-8-6-5-7-9-25)51-40(60)30(14-16-64-3)48-38(58)29(44)18-26-10-12-28(54)13-11-26/h5-13,22-24,29-34,36,54H,14-21,44H2,1-4H3,(H2,45,57)(H,46,47)(H,48,58)(H,49,63)(H,50,59)(H,51,60)(H,52,61)(H,53,62)(H,55,56)/t29-,30+,31-,32-,33-,34-,36-/m0/s1. The zero-order chi connectivity index (χ0) is 48.1. The number of aliphatic carboxylic acids is 1. The Morgan fingerprint density at radius 1 is 0.646 bits per heavy atom. The number of benzene rings is 2. The van der Waals surface area contributed by atoms with Crippen molar-refractivity contribution in [3.8, 4) is 5.75 Å². The van der Waals surface area contributed by atoms with Crippen molar-refractivity contribution in [1.29, 1.82) is 0 Å². The number of aromatic hydroxyl groups is 1. The molecule has 0 aliphatic rings. The number of carbonyl (C=O) groups excluding carboxylic acids is 7. The molecule has 13 N–H and O–H groups in total. The quantitative estimate of drug-likeness (QED) is 0.0438. The van der Waals surface area contributed by atoms with Gasteiger partial charge in [0.05, 0.1) is 18.8 Å². The van der Waals surface area contributed by atoms with E-state index in [0.29, 0.717) is 28.3 Å². The van der Waals surface area contributed by atoms with Crippen molar-refractivity contribution in [2.45, 2.75) is 94.7 Å². The second-order valence-corrected chi connectivity index (χ2v) is 17.5. The van der Waals surface area contributed by atoms with Crippen LogP contribution in [0, 0.1) is 5.92 Å². The number of thioether (sulfide) groups is 2. The molecule has 7 atom stereocenters. The molecule has 2 aromatic carbocycles.